The van der Waals surface area contributed by atoms with Gasteiger partial charge in [0, 0.05) is 13.1 Å². The Morgan fingerprint density at radius 3 is 2.19 bits per heavy atom. The Labute approximate surface area is 126 Å². The molecule has 0 unspecified atom stereocenters. The van der Waals surface area contributed by atoms with Crippen molar-refractivity contribution in [2.24, 2.45) is 5.92 Å². The average molecular weight is 311 g/mol. The molecule has 1 aromatic rings. The smallest absolute Gasteiger partial charge is 0.314 e. The Kier molecular flexibility index (Phi) is 4.68. The first kappa shape index (κ1) is 16.0. The van der Waals surface area contributed by atoms with E-state index in [0.29, 0.717) is 31.7 Å². The van der Waals surface area contributed by atoms with Crippen LogP contribution in [-0.4, -0.2) is 38.0 Å². The molecule has 0 aliphatic carbocycles. The van der Waals surface area contributed by atoms with E-state index in [9.17, 15) is 13.2 Å². The van der Waals surface area contributed by atoms with Crippen LogP contribution in [0.5, 0.6) is 5.75 Å². The summed E-state index contributed by atoms with van der Waals surface area (Å²) in [7, 11) is -3.17. The molecule has 0 aromatic heterocycles. The highest BCUT2D eigenvalue weighted by atomic mass is 32.2. The second-order valence-electron chi connectivity index (χ2n) is 5.58. The molecule has 0 N–H and O–H groups in total. The second-order valence-corrected chi connectivity index (χ2v) is 7.56. The molecule has 0 saturated carbocycles. The van der Waals surface area contributed by atoms with E-state index in [1.165, 1.54) is 10.6 Å². The van der Waals surface area contributed by atoms with Crippen LogP contribution in [0.1, 0.15) is 24.0 Å². The van der Waals surface area contributed by atoms with Crippen molar-refractivity contribution in [1.29, 1.82) is 0 Å². The number of benzene rings is 1. The van der Waals surface area contributed by atoms with E-state index in [4.69, 9.17) is 4.74 Å². The summed E-state index contributed by atoms with van der Waals surface area (Å²) in [6.07, 6.45) is 2.22. The highest BCUT2D eigenvalue weighted by Crippen LogP contribution is 2.26. The van der Waals surface area contributed by atoms with Gasteiger partial charge in [0.1, 0.15) is 5.75 Å². The van der Waals surface area contributed by atoms with Crippen molar-refractivity contribution in [3.05, 3.63) is 29.3 Å². The number of nitrogens with zero attached hydrogens (tertiary/aromatic N) is 1. The van der Waals surface area contributed by atoms with Gasteiger partial charge in [0.15, 0.2) is 0 Å². The summed E-state index contributed by atoms with van der Waals surface area (Å²) in [5.41, 5.74) is 1.86. The zero-order chi connectivity index (χ0) is 15.6. The van der Waals surface area contributed by atoms with Crippen molar-refractivity contribution in [1.82, 2.24) is 4.31 Å². The molecule has 1 saturated heterocycles. The number of carbonyl (C=O) groups excluding carboxylic acids is 1. The molecule has 6 heteroatoms. The molecule has 1 fully saturated rings. The summed E-state index contributed by atoms with van der Waals surface area (Å²) >= 11 is 0. The summed E-state index contributed by atoms with van der Waals surface area (Å²) < 4.78 is 29.8. The summed E-state index contributed by atoms with van der Waals surface area (Å²) in [6, 6.07) is 5.73. The summed E-state index contributed by atoms with van der Waals surface area (Å²) in [5.74, 6) is 0.121. The minimum atomic E-state index is -3.17. The van der Waals surface area contributed by atoms with Crippen LogP contribution in [0.25, 0.3) is 0 Å². The van der Waals surface area contributed by atoms with Gasteiger partial charge in [-0.2, -0.15) is 0 Å². The normalized spacial score (nSPS) is 17.7. The number of piperidine rings is 1. The molecule has 1 aromatic carbocycles. The molecule has 1 aliphatic rings. The Morgan fingerprint density at radius 1 is 1.19 bits per heavy atom. The van der Waals surface area contributed by atoms with Gasteiger partial charge in [-0.25, -0.2) is 12.7 Å². The molecule has 0 amide bonds. The lowest BCUT2D eigenvalue weighted by atomic mass is 9.98. The number of para-hydroxylation sites is 1. The molecule has 21 heavy (non-hydrogen) atoms. The Morgan fingerprint density at radius 2 is 1.71 bits per heavy atom. The summed E-state index contributed by atoms with van der Waals surface area (Å²) in [6.45, 7) is 4.57. The van der Waals surface area contributed by atoms with Gasteiger partial charge in [-0.1, -0.05) is 18.2 Å². The lowest BCUT2D eigenvalue weighted by Gasteiger charge is -2.29. The maximum atomic E-state index is 12.2. The third-order valence-electron chi connectivity index (χ3n) is 3.87. The predicted molar refractivity (Wildman–Crippen MR) is 80.7 cm³/mol. The number of ether oxygens (including phenoxy) is 1. The van der Waals surface area contributed by atoms with Crippen LogP contribution in [0.15, 0.2) is 18.2 Å². The highest BCUT2D eigenvalue weighted by Gasteiger charge is 2.30. The van der Waals surface area contributed by atoms with Crippen molar-refractivity contribution in [2.45, 2.75) is 26.7 Å². The topological polar surface area (TPSA) is 63.7 Å². The first-order valence-corrected chi connectivity index (χ1v) is 8.87. The van der Waals surface area contributed by atoms with Crippen molar-refractivity contribution >= 4 is 16.0 Å². The number of aryl methyl sites for hydroxylation is 2. The Balaban J connectivity index is 2.00. The lowest BCUT2D eigenvalue weighted by Crippen LogP contribution is -2.40. The first-order chi connectivity index (χ1) is 9.79. The molecule has 0 atom stereocenters. The van der Waals surface area contributed by atoms with Crippen molar-refractivity contribution in [3.8, 4) is 5.75 Å². The van der Waals surface area contributed by atoms with Gasteiger partial charge < -0.3 is 4.74 Å². The maximum Gasteiger partial charge on any atom is 0.314 e. The zero-order valence-electron chi connectivity index (χ0n) is 12.6. The third-order valence-corrected chi connectivity index (χ3v) is 5.17. The highest BCUT2D eigenvalue weighted by molar-refractivity contribution is 7.88. The van der Waals surface area contributed by atoms with E-state index in [2.05, 4.69) is 0 Å². The van der Waals surface area contributed by atoms with Gasteiger partial charge >= 0.3 is 5.97 Å². The van der Waals surface area contributed by atoms with Crippen LogP contribution in [-0.2, 0) is 14.8 Å². The number of esters is 1. The van der Waals surface area contributed by atoms with E-state index in [1.807, 2.05) is 32.0 Å². The van der Waals surface area contributed by atoms with E-state index in [0.717, 1.165) is 11.1 Å². The van der Waals surface area contributed by atoms with Crippen molar-refractivity contribution in [3.63, 3.8) is 0 Å². The molecular formula is C15H21NO4S. The molecule has 2 rings (SSSR count). The number of hydrogen-bond donors (Lipinski definition) is 0. The van der Waals surface area contributed by atoms with E-state index < -0.39 is 10.0 Å². The second kappa shape index (κ2) is 6.15. The van der Waals surface area contributed by atoms with Gasteiger partial charge in [-0.15, -0.1) is 0 Å². The summed E-state index contributed by atoms with van der Waals surface area (Å²) in [4.78, 5) is 12.2. The van der Waals surface area contributed by atoms with E-state index in [1.54, 1.807) is 0 Å². The SMILES string of the molecule is Cc1cccc(C)c1OC(=O)C1CCN(S(C)(=O)=O)CC1. The zero-order valence-corrected chi connectivity index (χ0v) is 13.4. The number of hydrogen-bond acceptors (Lipinski definition) is 4. The van der Waals surface area contributed by atoms with Crippen LogP contribution in [0, 0.1) is 19.8 Å². The fourth-order valence-electron chi connectivity index (χ4n) is 2.57. The molecular weight excluding hydrogens is 290 g/mol. The van der Waals surface area contributed by atoms with Crippen LogP contribution in [0.3, 0.4) is 0 Å². The average Bonchev–Trinajstić information content (AvgIpc) is 2.42. The van der Waals surface area contributed by atoms with Crippen LogP contribution in [0.4, 0.5) is 0 Å². The number of carbonyl (C=O) groups is 1. The number of rotatable bonds is 3. The fraction of sp³-hybridized carbons (Fsp3) is 0.533. The van der Waals surface area contributed by atoms with Crippen molar-refractivity contribution < 1.29 is 17.9 Å². The standard InChI is InChI=1S/C15H21NO4S/c1-11-5-4-6-12(2)14(11)20-15(17)13-7-9-16(10-8-13)21(3,18)19/h4-6,13H,7-10H2,1-3H3. The summed E-state index contributed by atoms with van der Waals surface area (Å²) in [5, 5.41) is 0. The van der Waals surface area contributed by atoms with Crippen molar-refractivity contribution in [2.75, 3.05) is 19.3 Å². The number of sulfonamides is 1. The molecule has 0 bridgehead atoms. The fourth-order valence-corrected chi connectivity index (χ4v) is 3.44. The minimum absolute atomic E-state index is 0.234. The van der Waals surface area contributed by atoms with E-state index >= 15 is 0 Å². The van der Waals surface area contributed by atoms with Gasteiger partial charge in [-0.3, -0.25) is 4.79 Å². The van der Waals surface area contributed by atoms with Gasteiger partial charge in [0.05, 0.1) is 12.2 Å². The van der Waals surface area contributed by atoms with Gasteiger partial charge in [-0.05, 0) is 37.8 Å². The quantitative estimate of drug-likeness (QED) is 0.631. The first-order valence-electron chi connectivity index (χ1n) is 7.02. The molecule has 0 spiro atoms. The monoisotopic (exact) mass is 311 g/mol. The van der Waals surface area contributed by atoms with E-state index in [-0.39, 0.29) is 11.9 Å². The molecule has 1 heterocycles. The molecule has 5 nitrogen and oxygen atoms in total. The Hall–Kier alpha value is -1.40. The minimum Gasteiger partial charge on any atom is -0.426 e. The third kappa shape index (κ3) is 3.83. The van der Waals surface area contributed by atoms with Gasteiger partial charge in [0.25, 0.3) is 0 Å². The molecule has 0 radical (unpaired) electrons. The molecule has 1 aliphatic heterocycles. The molecule has 116 valence electrons. The largest absolute Gasteiger partial charge is 0.426 e. The van der Waals surface area contributed by atoms with Crippen LogP contribution < -0.4 is 4.74 Å². The lowest BCUT2D eigenvalue weighted by molar-refractivity contribution is -0.140. The van der Waals surface area contributed by atoms with Crippen LogP contribution in [0.2, 0.25) is 0 Å². The van der Waals surface area contributed by atoms with Gasteiger partial charge in [0.2, 0.25) is 10.0 Å². The maximum absolute atomic E-state index is 12.2. The van der Waals surface area contributed by atoms with Crippen LogP contribution >= 0.6 is 0 Å². The Bertz CT molecular complexity index is 611. The predicted octanol–water partition coefficient (Wildman–Crippen LogP) is 1.88.